The molecule has 2 rings (SSSR count). The lowest BCUT2D eigenvalue weighted by atomic mass is 9.98. The Labute approximate surface area is 154 Å². The second kappa shape index (κ2) is 9.78. The van der Waals surface area contributed by atoms with Crippen LogP contribution in [0.25, 0.3) is 0 Å². The first kappa shape index (κ1) is 19.8. The molecule has 2 nitrogen and oxygen atoms in total. The number of rotatable bonds is 4. The minimum atomic E-state index is 0.00231. The van der Waals surface area contributed by atoms with Gasteiger partial charge in [0.05, 0.1) is 0 Å². The fourth-order valence-electron chi connectivity index (χ4n) is 1.95. The van der Waals surface area contributed by atoms with Gasteiger partial charge >= 0.3 is 0 Å². The van der Waals surface area contributed by atoms with E-state index in [0.29, 0.717) is 6.42 Å². The monoisotopic (exact) mass is 438 g/mol. The minimum Gasteiger partial charge on any atom is -0.300 e. The first-order chi connectivity index (χ1) is 10.8. The quantitative estimate of drug-likeness (QED) is 0.610. The molecule has 0 heterocycles. The van der Waals surface area contributed by atoms with Gasteiger partial charge in [0, 0.05) is 21.3 Å². The molecule has 2 aromatic carbocycles. The number of carbonyl (C=O) groups is 2. The highest BCUT2D eigenvalue weighted by molar-refractivity contribution is 9.10. The molecule has 0 amide bonds. The average Bonchev–Trinajstić information content (AvgIpc) is 2.46. The van der Waals surface area contributed by atoms with E-state index >= 15 is 0 Å². The predicted octanol–water partition coefficient (Wildman–Crippen LogP) is 5.72. The number of hydrogen-bond acceptors (Lipinski definition) is 2. The smallest absolute Gasteiger partial charge is 0.136 e. The Kier molecular flexibility index (Phi) is 8.42. The highest BCUT2D eigenvalue weighted by Gasteiger charge is 2.09. The second-order valence-corrected chi connectivity index (χ2v) is 7.23. The fourth-order valence-corrected chi connectivity index (χ4v) is 2.81. The van der Waals surface area contributed by atoms with Gasteiger partial charge in [0.1, 0.15) is 11.6 Å². The van der Waals surface area contributed by atoms with Crippen molar-refractivity contribution in [2.45, 2.75) is 33.1 Å². The second-order valence-electron chi connectivity index (χ2n) is 5.40. The van der Waals surface area contributed by atoms with Crippen molar-refractivity contribution in [1.29, 1.82) is 0 Å². The standard InChI is InChI=1S/C10H11BrO.C9H9BrO/c1-7(8(2)12)9-4-3-5-10(11)6-9;1-7(11)5-8-3-2-4-9(10)6-8/h3-7H,1-2H3;2-4,6H,5H2,1H3. The van der Waals surface area contributed by atoms with Crippen LogP contribution >= 0.6 is 31.9 Å². The Morgan fingerprint density at radius 1 is 0.957 bits per heavy atom. The van der Waals surface area contributed by atoms with Gasteiger partial charge in [-0.25, -0.2) is 0 Å². The zero-order valence-corrected chi connectivity index (χ0v) is 16.6. The van der Waals surface area contributed by atoms with E-state index in [4.69, 9.17) is 0 Å². The molecule has 0 aromatic heterocycles. The van der Waals surface area contributed by atoms with Gasteiger partial charge in [-0.1, -0.05) is 63.0 Å². The van der Waals surface area contributed by atoms with Crippen LogP contribution in [0.3, 0.4) is 0 Å². The molecule has 0 aliphatic carbocycles. The number of carbonyl (C=O) groups excluding carboxylic acids is 2. The number of halogens is 2. The van der Waals surface area contributed by atoms with Crippen molar-refractivity contribution in [3.63, 3.8) is 0 Å². The van der Waals surface area contributed by atoms with Crippen molar-refractivity contribution in [2.75, 3.05) is 0 Å². The van der Waals surface area contributed by atoms with E-state index < -0.39 is 0 Å². The summed E-state index contributed by atoms with van der Waals surface area (Å²) in [6.45, 7) is 5.14. The molecule has 1 atom stereocenters. The van der Waals surface area contributed by atoms with Gasteiger partial charge in [-0.15, -0.1) is 0 Å². The van der Waals surface area contributed by atoms with Crippen LogP contribution in [0.5, 0.6) is 0 Å². The van der Waals surface area contributed by atoms with Gasteiger partial charge in [-0.2, -0.15) is 0 Å². The largest absolute Gasteiger partial charge is 0.300 e. The molecule has 2 aromatic rings. The molecule has 0 aliphatic heterocycles. The van der Waals surface area contributed by atoms with Crippen LogP contribution in [0.4, 0.5) is 0 Å². The molecule has 0 radical (unpaired) electrons. The van der Waals surface area contributed by atoms with E-state index in [2.05, 4.69) is 31.9 Å². The van der Waals surface area contributed by atoms with E-state index in [1.807, 2.05) is 55.5 Å². The molecule has 0 fully saturated rings. The summed E-state index contributed by atoms with van der Waals surface area (Å²) < 4.78 is 2.05. The number of ketones is 2. The maximum absolute atomic E-state index is 11.0. The summed E-state index contributed by atoms with van der Waals surface area (Å²) in [7, 11) is 0. The van der Waals surface area contributed by atoms with Crippen LogP contribution in [0.15, 0.2) is 57.5 Å². The summed E-state index contributed by atoms with van der Waals surface area (Å²) in [5.74, 6) is 0.402. The zero-order valence-electron chi connectivity index (χ0n) is 13.5. The Balaban J connectivity index is 0.000000231. The Morgan fingerprint density at radius 2 is 1.52 bits per heavy atom. The molecule has 23 heavy (non-hydrogen) atoms. The molecule has 4 heteroatoms. The molecule has 0 saturated heterocycles. The minimum absolute atomic E-state index is 0.00231. The Hall–Kier alpha value is -1.26. The topological polar surface area (TPSA) is 34.1 Å². The lowest BCUT2D eigenvalue weighted by molar-refractivity contribution is -0.118. The van der Waals surface area contributed by atoms with Gasteiger partial charge in [-0.3, -0.25) is 9.59 Å². The van der Waals surface area contributed by atoms with Crippen molar-refractivity contribution in [3.05, 3.63) is 68.6 Å². The number of Topliss-reactive ketones (excluding diaryl/α,β-unsaturated/α-hetero) is 2. The summed E-state index contributed by atoms with van der Waals surface area (Å²) in [5, 5.41) is 0. The van der Waals surface area contributed by atoms with Crippen molar-refractivity contribution in [3.8, 4) is 0 Å². The van der Waals surface area contributed by atoms with Crippen molar-refractivity contribution < 1.29 is 9.59 Å². The van der Waals surface area contributed by atoms with Crippen LogP contribution in [-0.4, -0.2) is 11.6 Å². The van der Waals surface area contributed by atoms with Crippen molar-refractivity contribution in [2.24, 2.45) is 0 Å². The summed E-state index contributed by atoms with van der Waals surface area (Å²) in [6, 6.07) is 15.6. The van der Waals surface area contributed by atoms with Gasteiger partial charge in [-0.05, 0) is 49.2 Å². The summed E-state index contributed by atoms with van der Waals surface area (Å²) in [5.41, 5.74) is 2.13. The maximum atomic E-state index is 11.0. The number of hydrogen-bond donors (Lipinski definition) is 0. The lowest BCUT2D eigenvalue weighted by Gasteiger charge is -2.07. The lowest BCUT2D eigenvalue weighted by Crippen LogP contribution is -2.03. The van der Waals surface area contributed by atoms with Gasteiger partial charge in [0.2, 0.25) is 0 Å². The summed E-state index contributed by atoms with van der Waals surface area (Å²) in [4.78, 5) is 21.7. The highest BCUT2D eigenvalue weighted by Crippen LogP contribution is 2.20. The van der Waals surface area contributed by atoms with Gasteiger partial charge in [0.15, 0.2) is 0 Å². The first-order valence-corrected chi connectivity index (χ1v) is 8.88. The molecule has 0 bridgehead atoms. The third-order valence-corrected chi connectivity index (χ3v) is 4.29. The van der Waals surface area contributed by atoms with E-state index in [1.165, 1.54) is 0 Å². The Bertz CT molecular complexity index is 681. The first-order valence-electron chi connectivity index (χ1n) is 7.29. The van der Waals surface area contributed by atoms with E-state index in [-0.39, 0.29) is 17.5 Å². The number of benzene rings is 2. The van der Waals surface area contributed by atoms with Crippen LogP contribution < -0.4 is 0 Å². The molecule has 0 spiro atoms. The van der Waals surface area contributed by atoms with Crippen LogP contribution in [0.1, 0.15) is 37.8 Å². The zero-order chi connectivity index (χ0) is 17.4. The normalized spacial score (nSPS) is 11.2. The third kappa shape index (κ3) is 7.71. The fraction of sp³-hybridized carbons (Fsp3) is 0.263. The molecule has 0 aliphatic rings. The maximum Gasteiger partial charge on any atom is 0.136 e. The van der Waals surface area contributed by atoms with Gasteiger partial charge < -0.3 is 0 Å². The Morgan fingerprint density at radius 3 is 2.00 bits per heavy atom. The van der Waals surface area contributed by atoms with Crippen molar-refractivity contribution >= 4 is 43.4 Å². The molecular formula is C19H20Br2O2. The third-order valence-electron chi connectivity index (χ3n) is 3.30. The summed E-state index contributed by atoms with van der Waals surface area (Å²) in [6.07, 6.45) is 0.527. The molecule has 0 saturated carbocycles. The highest BCUT2D eigenvalue weighted by atomic mass is 79.9. The molecular weight excluding hydrogens is 420 g/mol. The molecule has 122 valence electrons. The van der Waals surface area contributed by atoms with Gasteiger partial charge in [0.25, 0.3) is 0 Å². The van der Waals surface area contributed by atoms with Crippen molar-refractivity contribution in [1.82, 2.24) is 0 Å². The van der Waals surface area contributed by atoms with E-state index in [9.17, 15) is 9.59 Å². The van der Waals surface area contributed by atoms with E-state index in [0.717, 1.165) is 20.1 Å². The molecule has 0 N–H and O–H groups in total. The summed E-state index contributed by atoms with van der Waals surface area (Å²) >= 11 is 6.71. The SMILES string of the molecule is CC(=O)C(C)c1cccc(Br)c1.CC(=O)Cc1cccc(Br)c1. The van der Waals surface area contributed by atoms with Crippen LogP contribution in [0.2, 0.25) is 0 Å². The van der Waals surface area contributed by atoms with E-state index in [1.54, 1.807) is 13.8 Å². The van der Waals surface area contributed by atoms with Crippen LogP contribution in [-0.2, 0) is 16.0 Å². The van der Waals surface area contributed by atoms with Crippen LogP contribution in [0, 0.1) is 0 Å². The predicted molar refractivity (Wildman–Crippen MR) is 102 cm³/mol. The average molecular weight is 440 g/mol. The molecule has 1 unspecified atom stereocenters.